The highest BCUT2D eigenvalue weighted by Gasteiger charge is 2.08. The van der Waals surface area contributed by atoms with Gasteiger partial charge in [-0.25, -0.2) is 4.68 Å². The number of aliphatic hydroxyl groups excluding tert-OH is 1. The van der Waals surface area contributed by atoms with Crippen molar-refractivity contribution in [3.8, 4) is 0 Å². The number of aliphatic hydroxyl groups is 1. The van der Waals surface area contributed by atoms with Crippen LogP contribution in [0.25, 0.3) is 0 Å². The highest BCUT2D eigenvalue weighted by atomic mass is 79.9. The van der Waals surface area contributed by atoms with Crippen LogP contribution in [0.3, 0.4) is 0 Å². The van der Waals surface area contributed by atoms with E-state index in [1.54, 1.807) is 17.5 Å². The third-order valence-corrected chi connectivity index (χ3v) is 4.40. The largest absolute Gasteiger partial charge is 0.394 e. The van der Waals surface area contributed by atoms with Gasteiger partial charge in [0.1, 0.15) is 4.47 Å². The van der Waals surface area contributed by atoms with Crippen molar-refractivity contribution in [3.63, 3.8) is 0 Å². The lowest BCUT2D eigenvalue weighted by molar-refractivity contribution is 0.266. The number of halogens is 1. The SMILES string of the molecule is Cc1cscc1CNc1cnn(CCO)c(=O)c1Br. The first-order valence-electron chi connectivity index (χ1n) is 5.75. The fourth-order valence-corrected chi connectivity index (χ4v) is 2.90. The molecule has 0 bridgehead atoms. The molecule has 7 heteroatoms. The second kappa shape index (κ2) is 6.31. The fraction of sp³-hybridized carbons (Fsp3) is 0.333. The van der Waals surface area contributed by atoms with Crippen LogP contribution in [0.2, 0.25) is 0 Å². The maximum atomic E-state index is 11.9. The molecule has 0 aliphatic carbocycles. The molecule has 0 radical (unpaired) electrons. The average Bonchev–Trinajstić information content (AvgIpc) is 2.80. The highest BCUT2D eigenvalue weighted by molar-refractivity contribution is 9.10. The third-order valence-electron chi connectivity index (χ3n) is 2.73. The van der Waals surface area contributed by atoms with Crippen LogP contribution < -0.4 is 10.9 Å². The minimum absolute atomic E-state index is 0.111. The minimum atomic E-state index is -0.249. The normalized spacial score (nSPS) is 10.7. The minimum Gasteiger partial charge on any atom is -0.394 e. The van der Waals surface area contributed by atoms with E-state index in [4.69, 9.17) is 5.11 Å². The molecule has 0 aliphatic rings. The van der Waals surface area contributed by atoms with E-state index in [0.29, 0.717) is 16.7 Å². The second-order valence-electron chi connectivity index (χ2n) is 4.06. The van der Waals surface area contributed by atoms with E-state index in [0.717, 1.165) is 0 Å². The molecule has 0 atom stereocenters. The zero-order chi connectivity index (χ0) is 13.8. The molecule has 2 rings (SSSR count). The van der Waals surface area contributed by atoms with Gasteiger partial charge in [0.25, 0.3) is 5.56 Å². The predicted molar refractivity (Wildman–Crippen MR) is 79.7 cm³/mol. The Labute approximate surface area is 123 Å². The Hall–Kier alpha value is -1.18. The summed E-state index contributed by atoms with van der Waals surface area (Å²) in [6.07, 6.45) is 1.59. The molecule has 0 saturated heterocycles. The van der Waals surface area contributed by atoms with Crippen molar-refractivity contribution >= 4 is 33.0 Å². The van der Waals surface area contributed by atoms with Gasteiger partial charge in [0.2, 0.25) is 0 Å². The monoisotopic (exact) mass is 343 g/mol. The van der Waals surface area contributed by atoms with E-state index in [-0.39, 0.29) is 18.7 Å². The van der Waals surface area contributed by atoms with E-state index < -0.39 is 0 Å². The molecular formula is C12H14BrN3O2S. The number of nitrogens with one attached hydrogen (secondary N) is 1. The zero-order valence-electron chi connectivity index (χ0n) is 10.4. The Balaban J connectivity index is 2.16. The van der Waals surface area contributed by atoms with Gasteiger partial charge >= 0.3 is 0 Å². The summed E-state index contributed by atoms with van der Waals surface area (Å²) in [5.74, 6) is 0. The number of nitrogens with zero attached hydrogens (tertiary/aromatic N) is 2. The smallest absolute Gasteiger partial charge is 0.283 e. The molecule has 0 unspecified atom stereocenters. The van der Waals surface area contributed by atoms with E-state index in [9.17, 15) is 4.79 Å². The van der Waals surface area contributed by atoms with Crippen molar-refractivity contribution in [2.24, 2.45) is 0 Å². The van der Waals surface area contributed by atoms with Crippen LogP contribution in [0.4, 0.5) is 5.69 Å². The summed E-state index contributed by atoms with van der Waals surface area (Å²) in [5.41, 5.74) is 2.84. The number of aryl methyl sites for hydroxylation is 1. The van der Waals surface area contributed by atoms with Crippen LogP contribution in [0.5, 0.6) is 0 Å². The van der Waals surface area contributed by atoms with Gasteiger partial charge in [-0.05, 0) is 44.7 Å². The summed E-state index contributed by atoms with van der Waals surface area (Å²) < 4.78 is 1.66. The van der Waals surface area contributed by atoms with Gasteiger partial charge in [-0.2, -0.15) is 16.4 Å². The lowest BCUT2D eigenvalue weighted by Crippen LogP contribution is -2.25. The number of thiophene rings is 1. The number of aromatic nitrogens is 2. The molecular weight excluding hydrogens is 330 g/mol. The molecule has 2 aromatic rings. The second-order valence-corrected chi connectivity index (χ2v) is 5.59. The summed E-state index contributed by atoms with van der Waals surface area (Å²) in [7, 11) is 0. The molecule has 0 aromatic carbocycles. The zero-order valence-corrected chi connectivity index (χ0v) is 12.8. The molecule has 19 heavy (non-hydrogen) atoms. The lowest BCUT2D eigenvalue weighted by atomic mass is 10.2. The molecule has 2 heterocycles. The van der Waals surface area contributed by atoms with Gasteiger partial charge in [-0.1, -0.05) is 0 Å². The average molecular weight is 344 g/mol. The highest BCUT2D eigenvalue weighted by Crippen LogP contribution is 2.19. The Morgan fingerprint density at radius 1 is 1.53 bits per heavy atom. The number of anilines is 1. The molecule has 102 valence electrons. The Kier molecular flexibility index (Phi) is 4.73. The number of hydrogen-bond donors (Lipinski definition) is 2. The summed E-state index contributed by atoms with van der Waals surface area (Å²) in [6.45, 7) is 2.79. The van der Waals surface area contributed by atoms with Crippen molar-refractivity contribution < 1.29 is 5.11 Å². The third kappa shape index (κ3) is 3.23. The van der Waals surface area contributed by atoms with Crippen molar-refractivity contribution in [2.45, 2.75) is 20.0 Å². The van der Waals surface area contributed by atoms with Crippen LogP contribution in [-0.4, -0.2) is 21.5 Å². The maximum absolute atomic E-state index is 11.9. The summed E-state index contributed by atoms with van der Waals surface area (Å²) in [6, 6.07) is 0. The maximum Gasteiger partial charge on any atom is 0.283 e. The first kappa shape index (κ1) is 14.2. The van der Waals surface area contributed by atoms with Crippen molar-refractivity contribution in [3.05, 3.63) is 42.9 Å². The molecule has 2 N–H and O–H groups in total. The lowest BCUT2D eigenvalue weighted by Gasteiger charge is -2.09. The Morgan fingerprint density at radius 2 is 2.32 bits per heavy atom. The predicted octanol–water partition coefficient (Wildman–Crippen LogP) is 1.98. The quantitative estimate of drug-likeness (QED) is 0.871. The van der Waals surface area contributed by atoms with Crippen molar-refractivity contribution in [2.75, 3.05) is 11.9 Å². The molecule has 5 nitrogen and oxygen atoms in total. The summed E-state index contributed by atoms with van der Waals surface area (Å²) in [5, 5.41) is 20.2. The molecule has 0 saturated carbocycles. The van der Waals surface area contributed by atoms with Crippen LogP contribution in [-0.2, 0) is 13.1 Å². The summed E-state index contributed by atoms with van der Waals surface area (Å²) in [4.78, 5) is 11.9. The van der Waals surface area contributed by atoms with E-state index in [1.807, 2.05) is 0 Å². The van der Waals surface area contributed by atoms with Gasteiger partial charge in [-0.15, -0.1) is 0 Å². The van der Waals surface area contributed by atoms with Crippen molar-refractivity contribution in [1.29, 1.82) is 0 Å². The van der Waals surface area contributed by atoms with E-state index in [2.05, 4.69) is 44.0 Å². The van der Waals surface area contributed by atoms with Crippen LogP contribution in [0.15, 0.2) is 26.2 Å². The molecule has 0 spiro atoms. The van der Waals surface area contributed by atoms with Crippen LogP contribution in [0, 0.1) is 6.92 Å². The molecule has 0 fully saturated rings. The van der Waals surface area contributed by atoms with Crippen LogP contribution in [0.1, 0.15) is 11.1 Å². The number of rotatable bonds is 5. The standard InChI is InChI=1S/C12H14BrN3O2S/c1-8-6-19-7-9(8)4-14-10-5-15-16(2-3-17)12(18)11(10)13/h5-7,14,17H,2-4H2,1H3. The Morgan fingerprint density at radius 3 is 2.95 bits per heavy atom. The number of hydrogen-bond acceptors (Lipinski definition) is 5. The fourth-order valence-electron chi connectivity index (χ4n) is 1.60. The van der Waals surface area contributed by atoms with E-state index in [1.165, 1.54) is 15.8 Å². The molecule has 0 amide bonds. The molecule has 0 aliphatic heterocycles. The van der Waals surface area contributed by atoms with Gasteiger partial charge in [0.05, 0.1) is 25.0 Å². The van der Waals surface area contributed by atoms with Gasteiger partial charge < -0.3 is 10.4 Å². The van der Waals surface area contributed by atoms with Gasteiger partial charge in [0.15, 0.2) is 0 Å². The molecule has 2 aromatic heterocycles. The topological polar surface area (TPSA) is 67.2 Å². The summed E-state index contributed by atoms with van der Waals surface area (Å²) >= 11 is 4.93. The van der Waals surface area contributed by atoms with E-state index >= 15 is 0 Å². The van der Waals surface area contributed by atoms with Gasteiger partial charge in [-0.3, -0.25) is 4.79 Å². The first-order chi connectivity index (χ1) is 9.13. The van der Waals surface area contributed by atoms with Gasteiger partial charge in [0, 0.05) is 6.54 Å². The van der Waals surface area contributed by atoms with Crippen LogP contribution >= 0.6 is 27.3 Å². The van der Waals surface area contributed by atoms with Crippen molar-refractivity contribution in [1.82, 2.24) is 9.78 Å². The Bertz CT molecular complexity index is 624. The first-order valence-corrected chi connectivity index (χ1v) is 7.49.